The molecule has 1 atom stereocenters. The quantitative estimate of drug-likeness (QED) is 0.615. The van der Waals surface area contributed by atoms with Crippen LogP contribution in [-0.2, 0) is 9.59 Å². The Morgan fingerprint density at radius 2 is 2.00 bits per heavy atom. The Labute approximate surface area is 61.9 Å². The molecule has 0 rings (SSSR count). The summed E-state index contributed by atoms with van der Waals surface area (Å²) >= 11 is 3.00. The number of imide groups is 1. The zero-order valence-electron chi connectivity index (χ0n) is 5.27. The summed E-state index contributed by atoms with van der Waals surface area (Å²) in [7, 11) is 0. The number of alkyl halides is 1. The highest BCUT2D eigenvalue weighted by atomic mass is 79.9. The Morgan fingerprint density at radius 1 is 1.56 bits per heavy atom. The second kappa shape index (κ2) is 3.61. The third-order valence-corrected chi connectivity index (χ3v) is 1.08. The molecule has 0 heterocycles. The molecule has 0 aromatic rings. The van der Waals surface area contributed by atoms with E-state index in [0.717, 1.165) is 0 Å². The number of hydrogen-bond donors (Lipinski definition) is 1. The minimum absolute atomic E-state index is 0.303. The van der Waals surface area contributed by atoms with Gasteiger partial charge in [0, 0.05) is 6.92 Å². The summed E-state index contributed by atoms with van der Waals surface area (Å²) < 4.78 is 0. The van der Waals surface area contributed by atoms with Crippen LogP contribution in [0.1, 0.15) is 13.8 Å². The lowest BCUT2D eigenvalue weighted by Crippen LogP contribution is -2.32. The van der Waals surface area contributed by atoms with Gasteiger partial charge in [-0.2, -0.15) is 0 Å². The number of carbonyl (C=O) groups is 2. The topological polar surface area (TPSA) is 46.2 Å². The predicted molar refractivity (Wildman–Crippen MR) is 37.2 cm³/mol. The fourth-order valence-corrected chi connectivity index (χ4v) is 0.387. The molecule has 0 bridgehead atoms. The summed E-state index contributed by atoms with van der Waals surface area (Å²) in [6, 6.07) is 0. The summed E-state index contributed by atoms with van der Waals surface area (Å²) in [5.41, 5.74) is 0. The smallest absolute Gasteiger partial charge is 0.240 e. The minimum Gasteiger partial charge on any atom is -0.296 e. The molecule has 0 spiro atoms. The zero-order valence-corrected chi connectivity index (χ0v) is 6.86. The summed E-state index contributed by atoms with van der Waals surface area (Å²) in [5, 5.41) is 2.12. The molecule has 0 saturated heterocycles. The van der Waals surface area contributed by atoms with E-state index in [2.05, 4.69) is 21.2 Å². The highest BCUT2D eigenvalue weighted by Gasteiger charge is 2.08. The highest BCUT2D eigenvalue weighted by molar-refractivity contribution is 9.10. The van der Waals surface area contributed by atoms with Crippen molar-refractivity contribution in [2.24, 2.45) is 0 Å². The van der Waals surface area contributed by atoms with Crippen LogP contribution in [0.5, 0.6) is 0 Å². The van der Waals surface area contributed by atoms with Crippen molar-refractivity contribution < 1.29 is 9.59 Å². The number of rotatable bonds is 1. The minimum atomic E-state index is -0.327. The summed E-state index contributed by atoms with van der Waals surface area (Å²) in [4.78, 5) is 20.5. The maximum Gasteiger partial charge on any atom is 0.240 e. The molecule has 3 nitrogen and oxygen atoms in total. The molecule has 9 heavy (non-hydrogen) atoms. The molecule has 1 N–H and O–H groups in total. The Bertz CT molecular complexity index is 133. The van der Waals surface area contributed by atoms with Crippen LogP contribution in [0.4, 0.5) is 0 Å². The van der Waals surface area contributed by atoms with Crippen LogP contribution in [0, 0.1) is 0 Å². The Kier molecular flexibility index (Phi) is 3.46. The van der Waals surface area contributed by atoms with E-state index in [1.807, 2.05) is 0 Å². The third kappa shape index (κ3) is 4.14. The third-order valence-electron chi connectivity index (χ3n) is 0.661. The highest BCUT2D eigenvalue weighted by Crippen LogP contribution is 1.95. The molecule has 0 aliphatic heterocycles. The molecule has 0 aromatic carbocycles. The molecule has 0 aliphatic rings. The van der Waals surface area contributed by atoms with Crippen molar-refractivity contribution in [2.75, 3.05) is 0 Å². The van der Waals surface area contributed by atoms with E-state index < -0.39 is 0 Å². The van der Waals surface area contributed by atoms with Gasteiger partial charge in [0.2, 0.25) is 11.8 Å². The van der Waals surface area contributed by atoms with Crippen molar-refractivity contribution in [1.29, 1.82) is 0 Å². The number of carbonyl (C=O) groups excluding carboxylic acids is 2. The van der Waals surface area contributed by atoms with Crippen molar-refractivity contribution in [3.8, 4) is 0 Å². The first-order valence-electron chi connectivity index (χ1n) is 2.49. The normalized spacial score (nSPS) is 12.3. The Hall–Kier alpha value is -0.380. The van der Waals surface area contributed by atoms with Crippen molar-refractivity contribution in [1.82, 2.24) is 5.32 Å². The van der Waals surface area contributed by atoms with Crippen molar-refractivity contribution >= 4 is 27.7 Å². The molecule has 4 heteroatoms. The molecule has 0 fully saturated rings. The monoisotopic (exact) mass is 193 g/mol. The van der Waals surface area contributed by atoms with Gasteiger partial charge in [0.1, 0.15) is 0 Å². The number of amides is 2. The second-order valence-electron chi connectivity index (χ2n) is 1.66. The summed E-state index contributed by atoms with van der Waals surface area (Å²) in [5.74, 6) is -0.631. The van der Waals surface area contributed by atoms with Gasteiger partial charge in [-0.15, -0.1) is 0 Å². The van der Waals surface area contributed by atoms with Gasteiger partial charge in [0.25, 0.3) is 0 Å². The van der Waals surface area contributed by atoms with E-state index in [-0.39, 0.29) is 16.6 Å². The molecule has 1 unspecified atom stereocenters. The van der Waals surface area contributed by atoms with E-state index >= 15 is 0 Å². The van der Waals surface area contributed by atoms with E-state index in [1.54, 1.807) is 6.92 Å². The van der Waals surface area contributed by atoms with Gasteiger partial charge in [0.15, 0.2) is 0 Å². The van der Waals surface area contributed by atoms with E-state index in [1.165, 1.54) is 6.92 Å². The van der Waals surface area contributed by atoms with Crippen LogP contribution in [0.25, 0.3) is 0 Å². The maximum absolute atomic E-state index is 10.6. The van der Waals surface area contributed by atoms with Crippen molar-refractivity contribution in [3.05, 3.63) is 0 Å². The number of halogens is 1. The molecule has 0 radical (unpaired) electrons. The van der Waals surface area contributed by atoms with Gasteiger partial charge < -0.3 is 0 Å². The second-order valence-corrected chi connectivity index (χ2v) is 3.03. The Balaban J connectivity index is 3.64. The van der Waals surface area contributed by atoms with Crippen molar-refractivity contribution in [3.63, 3.8) is 0 Å². The molecule has 0 aromatic heterocycles. The summed E-state index contributed by atoms with van der Waals surface area (Å²) in [6.45, 7) is 2.95. The molecular weight excluding hydrogens is 186 g/mol. The van der Waals surface area contributed by atoms with Gasteiger partial charge in [-0.25, -0.2) is 0 Å². The van der Waals surface area contributed by atoms with Crippen molar-refractivity contribution in [2.45, 2.75) is 18.7 Å². The van der Waals surface area contributed by atoms with Crippen LogP contribution in [0.3, 0.4) is 0 Å². The van der Waals surface area contributed by atoms with Crippen LogP contribution < -0.4 is 5.32 Å². The average molecular weight is 194 g/mol. The van der Waals surface area contributed by atoms with Crippen LogP contribution in [-0.4, -0.2) is 16.6 Å². The van der Waals surface area contributed by atoms with E-state index in [0.29, 0.717) is 0 Å². The lowest BCUT2D eigenvalue weighted by atomic mass is 10.4. The van der Waals surface area contributed by atoms with Gasteiger partial charge in [0.05, 0.1) is 4.83 Å². The van der Waals surface area contributed by atoms with E-state index in [4.69, 9.17) is 0 Å². The fraction of sp³-hybridized carbons (Fsp3) is 0.600. The first kappa shape index (κ1) is 8.62. The van der Waals surface area contributed by atoms with Crippen LogP contribution >= 0.6 is 15.9 Å². The largest absolute Gasteiger partial charge is 0.296 e. The van der Waals surface area contributed by atoms with Crippen LogP contribution in [0.15, 0.2) is 0 Å². The number of nitrogens with one attached hydrogen (secondary N) is 1. The standard InChI is InChI=1S/C5H8BrNO2/c1-3(6)5(9)7-4(2)8/h3H,1-2H3,(H,7,8,9). The lowest BCUT2D eigenvalue weighted by Gasteiger charge is -2.00. The maximum atomic E-state index is 10.6. The molecule has 52 valence electrons. The Morgan fingerprint density at radius 3 is 2.11 bits per heavy atom. The van der Waals surface area contributed by atoms with Gasteiger partial charge >= 0.3 is 0 Å². The van der Waals surface area contributed by atoms with Gasteiger partial charge in [-0.05, 0) is 6.92 Å². The SMILES string of the molecule is CC(=O)NC(=O)C(C)Br. The van der Waals surface area contributed by atoms with Gasteiger partial charge in [-0.3, -0.25) is 14.9 Å². The lowest BCUT2D eigenvalue weighted by molar-refractivity contribution is -0.128. The first-order valence-corrected chi connectivity index (χ1v) is 3.41. The van der Waals surface area contributed by atoms with Crippen LogP contribution in [0.2, 0.25) is 0 Å². The molecule has 2 amide bonds. The van der Waals surface area contributed by atoms with Gasteiger partial charge in [-0.1, -0.05) is 15.9 Å². The first-order chi connectivity index (χ1) is 4.04. The fourth-order valence-electron chi connectivity index (χ4n) is 0.273. The zero-order chi connectivity index (χ0) is 7.44. The summed E-state index contributed by atoms with van der Waals surface area (Å²) in [6.07, 6.45) is 0. The molecular formula is C5H8BrNO2. The average Bonchev–Trinajstić information content (AvgIpc) is 1.63. The molecule has 0 saturated carbocycles. The van der Waals surface area contributed by atoms with E-state index in [9.17, 15) is 9.59 Å². The number of hydrogen-bond acceptors (Lipinski definition) is 2. The molecule has 0 aliphatic carbocycles. The predicted octanol–water partition coefficient (Wildman–Crippen LogP) is 0.432.